The molecule has 5 nitrogen and oxygen atoms in total. The summed E-state index contributed by atoms with van der Waals surface area (Å²) in [5.41, 5.74) is 0.332. The second kappa shape index (κ2) is 7.49. The van der Waals surface area contributed by atoms with E-state index in [2.05, 4.69) is 21.2 Å². The van der Waals surface area contributed by atoms with Crippen LogP contribution in [0, 0.1) is 11.6 Å². The minimum absolute atomic E-state index is 0.139. The molecule has 0 saturated carbocycles. The van der Waals surface area contributed by atoms with E-state index >= 15 is 0 Å². The molecule has 0 spiro atoms. The summed E-state index contributed by atoms with van der Waals surface area (Å²) < 4.78 is 52.3. The number of amides is 1. The van der Waals surface area contributed by atoms with Gasteiger partial charge in [-0.25, -0.2) is 17.2 Å². The molecule has 1 N–H and O–H groups in total. The van der Waals surface area contributed by atoms with Crippen molar-refractivity contribution < 1.29 is 22.0 Å². The van der Waals surface area contributed by atoms with Gasteiger partial charge in [-0.2, -0.15) is 0 Å². The number of hydrogen-bond donors (Lipinski definition) is 1. The van der Waals surface area contributed by atoms with Crippen molar-refractivity contribution in [2.75, 3.05) is 15.9 Å². The fraction of sp³-hybridized carbons (Fsp3) is 0.188. The number of hydrogen-bond acceptors (Lipinski definition) is 3. The zero-order valence-electron chi connectivity index (χ0n) is 13.3. The fourth-order valence-corrected chi connectivity index (χ4v) is 3.64. The lowest BCUT2D eigenvalue weighted by molar-refractivity contribution is -0.116. The van der Waals surface area contributed by atoms with Crippen LogP contribution in [0.3, 0.4) is 0 Å². The molecule has 0 fully saturated rings. The Labute approximate surface area is 152 Å². The number of nitrogens with one attached hydrogen (secondary N) is 1. The number of carbonyl (C=O) groups excluding carboxylic acids is 1. The minimum Gasteiger partial charge on any atom is -0.324 e. The molecule has 1 amide bonds. The number of carbonyl (C=O) groups is 1. The molecular weight excluding hydrogens is 418 g/mol. The second-order valence-corrected chi connectivity index (χ2v) is 8.10. The van der Waals surface area contributed by atoms with Crippen LogP contribution in [-0.2, 0) is 14.8 Å². The predicted octanol–water partition coefficient (Wildman–Crippen LogP) is 3.52. The standard InChI is InChI=1S/C16H15BrF2N2O3S/c1-10(16(22)20-12-5-3-11(17)4-6-12)21(25(2,23)24)13-7-8-14(18)15(19)9-13/h3-10H,1-2H3,(H,20,22)/t10-/m0/s1. The molecule has 2 aromatic rings. The van der Waals surface area contributed by atoms with Crippen LogP contribution in [-0.4, -0.2) is 26.6 Å². The van der Waals surface area contributed by atoms with E-state index in [4.69, 9.17) is 0 Å². The van der Waals surface area contributed by atoms with E-state index in [0.717, 1.165) is 33.2 Å². The molecule has 134 valence electrons. The quantitative estimate of drug-likeness (QED) is 0.785. The van der Waals surface area contributed by atoms with Crippen LogP contribution < -0.4 is 9.62 Å². The monoisotopic (exact) mass is 432 g/mol. The van der Waals surface area contributed by atoms with Crippen molar-refractivity contribution in [3.05, 3.63) is 58.6 Å². The third-order valence-corrected chi connectivity index (χ3v) is 5.13. The first kappa shape index (κ1) is 19.3. The van der Waals surface area contributed by atoms with Crippen LogP contribution in [0.1, 0.15) is 6.92 Å². The second-order valence-electron chi connectivity index (χ2n) is 5.33. The summed E-state index contributed by atoms with van der Waals surface area (Å²) in [6.07, 6.45) is 0.887. The molecule has 0 aliphatic heterocycles. The molecule has 2 rings (SSSR count). The van der Waals surface area contributed by atoms with Gasteiger partial charge in [0.2, 0.25) is 15.9 Å². The number of anilines is 2. The van der Waals surface area contributed by atoms with Crippen LogP contribution >= 0.6 is 15.9 Å². The van der Waals surface area contributed by atoms with Gasteiger partial charge >= 0.3 is 0 Å². The van der Waals surface area contributed by atoms with Gasteiger partial charge in [0.25, 0.3) is 0 Å². The lowest BCUT2D eigenvalue weighted by atomic mass is 10.2. The van der Waals surface area contributed by atoms with E-state index in [0.29, 0.717) is 5.69 Å². The maximum atomic E-state index is 13.5. The average Bonchev–Trinajstić information content (AvgIpc) is 2.51. The molecular formula is C16H15BrF2N2O3S. The van der Waals surface area contributed by atoms with Gasteiger partial charge in [0, 0.05) is 16.2 Å². The molecule has 1 atom stereocenters. The Hall–Kier alpha value is -2.00. The van der Waals surface area contributed by atoms with Gasteiger partial charge in [-0.3, -0.25) is 9.10 Å². The Bertz CT molecular complexity index is 889. The van der Waals surface area contributed by atoms with Crippen molar-refractivity contribution in [2.24, 2.45) is 0 Å². The Morgan fingerprint density at radius 2 is 1.72 bits per heavy atom. The smallest absolute Gasteiger partial charge is 0.247 e. The largest absolute Gasteiger partial charge is 0.324 e. The maximum absolute atomic E-state index is 13.5. The first-order chi connectivity index (χ1) is 11.6. The highest BCUT2D eigenvalue weighted by Gasteiger charge is 2.29. The summed E-state index contributed by atoms with van der Waals surface area (Å²) in [6.45, 7) is 1.36. The summed E-state index contributed by atoms with van der Waals surface area (Å²) in [6, 6.07) is 8.16. The molecule has 0 heterocycles. The third-order valence-electron chi connectivity index (χ3n) is 3.36. The molecule has 0 aliphatic rings. The van der Waals surface area contributed by atoms with Crippen LogP contribution in [0.15, 0.2) is 46.9 Å². The van der Waals surface area contributed by atoms with Crippen LogP contribution in [0.2, 0.25) is 0 Å². The number of nitrogens with zero attached hydrogens (tertiary/aromatic N) is 1. The van der Waals surface area contributed by atoms with Crippen molar-refractivity contribution in [1.82, 2.24) is 0 Å². The third kappa shape index (κ3) is 4.76. The summed E-state index contributed by atoms with van der Waals surface area (Å²) in [5.74, 6) is -2.92. The van der Waals surface area contributed by atoms with Crippen LogP contribution in [0.4, 0.5) is 20.2 Å². The van der Waals surface area contributed by atoms with Crippen molar-refractivity contribution in [3.63, 3.8) is 0 Å². The fourth-order valence-electron chi connectivity index (χ4n) is 2.21. The maximum Gasteiger partial charge on any atom is 0.247 e. The molecule has 0 aromatic heterocycles. The Kier molecular flexibility index (Phi) is 5.79. The molecule has 0 bridgehead atoms. The van der Waals surface area contributed by atoms with Gasteiger partial charge in [0.05, 0.1) is 11.9 Å². The average molecular weight is 433 g/mol. The van der Waals surface area contributed by atoms with Crippen LogP contribution in [0.25, 0.3) is 0 Å². The highest BCUT2D eigenvalue weighted by atomic mass is 79.9. The van der Waals surface area contributed by atoms with Crippen molar-refractivity contribution in [3.8, 4) is 0 Å². The minimum atomic E-state index is -3.91. The van der Waals surface area contributed by atoms with E-state index in [1.165, 1.54) is 6.92 Å². The summed E-state index contributed by atoms with van der Waals surface area (Å²) >= 11 is 3.27. The lowest BCUT2D eigenvalue weighted by Crippen LogP contribution is -2.45. The molecule has 0 aliphatic carbocycles. The Morgan fingerprint density at radius 1 is 1.12 bits per heavy atom. The van der Waals surface area contributed by atoms with Gasteiger partial charge < -0.3 is 5.32 Å². The number of halogens is 3. The zero-order chi connectivity index (χ0) is 18.8. The summed E-state index contributed by atoms with van der Waals surface area (Å²) in [4.78, 5) is 12.4. The molecule has 2 aromatic carbocycles. The first-order valence-corrected chi connectivity index (χ1v) is 9.74. The van der Waals surface area contributed by atoms with Gasteiger partial charge in [-0.15, -0.1) is 0 Å². The van der Waals surface area contributed by atoms with Gasteiger partial charge in [-0.1, -0.05) is 15.9 Å². The Balaban J connectivity index is 2.32. The molecule has 0 radical (unpaired) electrons. The summed E-state index contributed by atoms with van der Waals surface area (Å²) in [7, 11) is -3.91. The van der Waals surface area contributed by atoms with E-state index in [9.17, 15) is 22.0 Å². The normalized spacial score (nSPS) is 12.5. The van der Waals surface area contributed by atoms with Crippen LogP contribution in [0.5, 0.6) is 0 Å². The highest BCUT2D eigenvalue weighted by Crippen LogP contribution is 2.24. The zero-order valence-corrected chi connectivity index (χ0v) is 15.7. The number of rotatable bonds is 5. The SMILES string of the molecule is C[C@@H](C(=O)Nc1ccc(Br)cc1)N(c1ccc(F)c(F)c1)S(C)(=O)=O. The Morgan fingerprint density at radius 3 is 2.24 bits per heavy atom. The predicted molar refractivity (Wildman–Crippen MR) is 95.9 cm³/mol. The number of sulfonamides is 1. The molecule has 0 unspecified atom stereocenters. The first-order valence-electron chi connectivity index (χ1n) is 7.10. The van der Waals surface area contributed by atoms with E-state index < -0.39 is 33.6 Å². The molecule has 9 heteroatoms. The number of benzene rings is 2. The van der Waals surface area contributed by atoms with E-state index in [1.807, 2.05) is 0 Å². The van der Waals surface area contributed by atoms with Crippen molar-refractivity contribution in [1.29, 1.82) is 0 Å². The van der Waals surface area contributed by atoms with Gasteiger partial charge in [-0.05, 0) is 43.3 Å². The van der Waals surface area contributed by atoms with Gasteiger partial charge in [0.1, 0.15) is 6.04 Å². The summed E-state index contributed by atoms with van der Waals surface area (Å²) in [5, 5.41) is 2.58. The topological polar surface area (TPSA) is 66.5 Å². The lowest BCUT2D eigenvalue weighted by Gasteiger charge is -2.28. The highest BCUT2D eigenvalue weighted by molar-refractivity contribution is 9.10. The van der Waals surface area contributed by atoms with E-state index in [-0.39, 0.29) is 5.69 Å². The van der Waals surface area contributed by atoms with Gasteiger partial charge in [0.15, 0.2) is 11.6 Å². The van der Waals surface area contributed by atoms with E-state index in [1.54, 1.807) is 24.3 Å². The van der Waals surface area contributed by atoms with Crippen molar-refractivity contribution in [2.45, 2.75) is 13.0 Å². The van der Waals surface area contributed by atoms with Crippen molar-refractivity contribution >= 4 is 43.2 Å². The molecule has 25 heavy (non-hydrogen) atoms. The molecule has 0 saturated heterocycles.